The number of hydrogen-bond donors (Lipinski definition) is 0. The molecule has 0 saturated carbocycles. The second-order valence-electron chi connectivity index (χ2n) is 7.23. The lowest BCUT2D eigenvalue weighted by atomic mass is 10.2. The molecule has 0 N–H and O–H groups in total. The molecule has 0 fully saturated rings. The standard InChI is InChI=1S/C20H21F2N5O2S/c1-4-20(21,22)10-29-18-17-15(23-11-24-18)9-27(19(17)28)7-13-5-6-16(30-13)14-8-26(3)25-12(14)2/h5-6,8,11H,4,7,9-10H2,1-3H3. The zero-order chi connectivity index (χ0) is 21.5. The predicted octanol–water partition coefficient (Wildman–Crippen LogP) is 3.83. The third-order valence-electron chi connectivity index (χ3n) is 4.96. The number of alkyl halides is 2. The maximum absolute atomic E-state index is 13.6. The predicted molar refractivity (Wildman–Crippen MR) is 108 cm³/mol. The van der Waals surface area contributed by atoms with Gasteiger partial charge in [-0.1, -0.05) is 6.92 Å². The molecule has 30 heavy (non-hydrogen) atoms. The third kappa shape index (κ3) is 3.91. The van der Waals surface area contributed by atoms with Crippen LogP contribution in [0.1, 0.15) is 40.0 Å². The van der Waals surface area contributed by atoms with E-state index < -0.39 is 12.5 Å². The van der Waals surface area contributed by atoms with E-state index in [1.165, 1.54) is 13.3 Å². The monoisotopic (exact) mass is 433 g/mol. The minimum Gasteiger partial charge on any atom is -0.471 e. The fourth-order valence-electron chi connectivity index (χ4n) is 3.30. The van der Waals surface area contributed by atoms with Crippen molar-refractivity contribution in [1.82, 2.24) is 24.6 Å². The molecule has 0 bridgehead atoms. The van der Waals surface area contributed by atoms with E-state index in [0.717, 1.165) is 21.0 Å². The van der Waals surface area contributed by atoms with Gasteiger partial charge in [-0.25, -0.2) is 18.7 Å². The Hall–Kier alpha value is -2.88. The zero-order valence-corrected chi connectivity index (χ0v) is 17.7. The molecule has 10 heteroatoms. The van der Waals surface area contributed by atoms with Crippen molar-refractivity contribution in [2.75, 3.05) is 6.61 Å². The molecule has 4 rings (SSSR count). The van der Waals surface area contributed by atoms with Crippen LogP contribution >= 0.6 is 11.3 Å². The van der Waals surface area contributed by atoms with Gasteiger partial charge in [0.25, 0.3) is 11.8 Å². The van der Waals surface area contributed by atoms with Gasteiger partial charge in [0.15, 0.2) is 6.61 Å². The van der Waals surface area contributed by atoms with E-state index in [0.29, 0.717) is 12.2 Å². The number of thiophene rings is 1. The van der Waals surface area contributed by atoms with Gasteiger partial charge in [0.1, 0.15) is 11.9 Å². The molecular formula is C20H21F2N5O2S. The number of rotatable bonds is 7. The van der Waals surface area contributed by atoms with Gasteiger partial charge in [0.2, 0.25) is 5.88 Å². The average Bonchev–Trinajstić information content (AvgIpc) is 3.39. The number of fused-ring (bicyclic) bond motifs is 1. The van der Waals surface area contributed by atoms with Crippen LogP contribution in [0, 0.1) is 6.92 Å². The first kappa shape index (κ1) is 20.4. The first-order valence-electron chi connectivity index (χ1n) is 9.50. The van der Waals surface area contributed by atoms with Crippen LogP contribution in [0.25, 0.3) is 10.4 Å². The van der Waals surface area contributed by atoms with Crippen LogP contribution in [0.3, 0.4) is 0 Å². The molecule has 1 aliphatic rings. The summed E-state index contributed by atoms with van der Waals surface area (Å²) in [6.45, 7) is 3.19. The lowest BCUT2D eigenvalue weighted by molar-refractivity contribution is -0.0449. The van der Waals surface area contributed by atoms with E-state index in [4.69, 9.17) is 4.74 Å². The molecule has 1 amide bonds. The molecule has 0 aromatic carbocycles. The van der Waals surface area contributed by atoms with Crippen molar-refractivity contribution in [3.05, 3.63) is 46.5 Å². The summed E-state index contributed by atoms with van der Waals surface area (Å²) in [4.78, 5) is 24.7. The molecule has 0 atom stereocenters. The maximum atomic E-state index is 13.6. The van der Waals surface area contributed by atoms with E-state index in [2.05, 4.69) is 15.1 Å². The van der Waals surface area contributed by atoms with Gasteiger partial charge in [-0.2, -0.15) is 5.10 Å². The van der Waals surface area contributed by atoms with Gasteiger partial charge in [0, 0.05) is 35.0 Å². The molecular weight excluding hydrogens is 412 g/mol. The van der Waals surface area contributed by atoms with Gasteiger partial charge in [-0.3, -0.25) is 9.48 Å². The molecule has 4 heterocycles. The van der Waals surface area contributed by atoms with Gasteiger partial charge in [-0.05, 0) is 19.1 Å². The first-order valence-corrected chi connectivity index (χ1v) is 10.3. The number of ether oxygens (including phenoxy) is 1. The maximum Gasteiger partial charge on any atom is 0.281 e. The van der Waals surface area contributed by atoms with Gasteiger partial charge < -0.3 is 9.64 Å². The Labute approximate surface area is 176 Å². The van der Waals surface area contributed by atoms with Crippen LogP contribution in [0.15, 0.2) is 24.7 Å². The highest BCUT2D eigenvalue weighted by Crippen LogP contribution is 2.34. The summed E-state index contributed by atoms with van der Waals surface area (Å²) in [6.07, 6.45) is 2.86. The highest BCUT2D eigenvalue weighted by Gasteiger charge is 2.35. The number of halogens is 2. The highest BCUT2D eigenvalue weighted by atomic mass is 32.1. The Morgan fingerprint density at radius 1 is 1.30 bits per heavy atom. The van der Waals surface area contributed by atoms with Crippen LogP contribution < -0.4 is 4.74 Å². The fraction of sp³-hybridized carbons (Fsp3) is 0.400. The van der Waals surface area contributed by atoms with Crippen molar-refractivity contribution < 1.29 is 18.3 Å². The first-order chi connectivity index (χ1) is 14.3. The summed E-state index contributed by atoms with van der Waals surface area (Å²) in [6, 6.07) is 3.99. The average molecular weight is 433 g/mol. The number of aryl methyl sites for hydroxylation is 2. The summed E-state index contributed by atoms with van der Waals surface area (Å²) < 4.78 is 34.1. The fourth-order valence-corrected chi connectivity index (χ4v) is 4.38. The minimum atomic E-state index is -2.98. The summed E-state index contributed by atoms with van der Waals surface area (Å²) in [7, 11) is 1.88. The second-order valence-corrected chi connectivity index (χ2v) is 8.40. The van der Waals surface area contributed by atoms with Gasteiger partial charge >= 0.3 is 0 Å². The Balaban J connectivity index is 1.50. The van der Waals surface area contributed by atoms with Crippen molar-refractivity contribution >= 4 is 17.2 Å². The quantitative estimate of drug-likeness (QED) is 0.566. The largest absolute Gasteiger partial charge is 0.471 e. The van der Waals surface area contributed by atoms with E-state index in [1.807, 2.05) is 32.3 Å². The van der Waals surface area contributed by atoms with Crippen LogP contribution in [0.2, 0.25) is 0 Å². The van der Waals surface area contributed by atoms with Crippen LogP contribution in [0.5, 0.6) is 5.88 Å². The number of aromatic nitrogens is 4. The summed E-state index contributed by atoms with van der Waals surface area (Å²) in [5, 5.41) is 4.37. The van der Waals surface area contributed by atoms with Crippen molar-refractivity contribution in [2.45, 2.75) is 39.3 Å². The van der Waals surface area contributed by atoms with E-state index in [1.54, 1.807) is 20.9 Å². The molecule has 3 aromatic heterocycles. The molecule has 0 aliphatic carbocycles. The molecule has 7 nitrogen and oxygen atoms in total. The van der Waals surface area contributed by atoms with Gasteiger partial charge in [0.05, 0.1) is 24.5 Å². The Kier molecular flexibility index (Phi) is 5.27. The molecule has 0 spiro atoms. The van der Waals surface area contributed by atoms with Crippen molar-refractivity contribution in [2.24, 2.45) is 7.05 Å². The van der Waals surface area contributed by atoms with E-state index in [9.17, 15) is 13.6 Å². The smallest absolute Gasteiger partial charge is 0.281 e. The summed E-state index contributed by atoms with van der Waals surface area (Å²) in [5.74, 6) is -3.37. The molecule has 0 radical (unpaired) electrons. The lowest BCUT2D eigenvalue weighted by Gasteiger charge is -2.16. The van der Waals surface area contributed by atoms with Crippen molar-refractivity contribution in [1.29, 1.82) is 0 Å². The summed E-state index contributed by atoms with van der Waals surface area (Å²) >= 11 is 1.59. The van der Waals surface area contributed by atoms with Crippen LogP contribution in [-0.4, -0.2) is 43.1 Å². The molecule has 158 valence electrons. The highest BCUT2D eigenvalue weighted by molar-refractivity contribution is 7.15. The number of amides is 1. The number of carbonyl (C=O) groups excluding carboxylic acids is 1. The minimum absolute atomic E-state index is 0.0847. The molecule has 0 unspecified atom stereocenters. The summed E-state index contributed by atoms with van der Waals surface area (Å²) in [5.41, 5.74) is 2.66. The zero-order valence-electron chi connectivity index (χ0n) is 16.9. The van der Waals surface area contributed by atoms with E-state index in [-0.39, 0.29) is 30.3 Å². The molecule has 1 aliphatic heterocycles. The second kappa shape index (κ2) is 7.75. The Morgan fingerprint density at radius 3 is 2.80 bits per heavy atom. The SMILES string of the molecule is CCC(F)(F)COc1ncnc2c1C(=O)N(Cc1ccc(-c3cn(C)nc3C)s1)C2. The number of nitrogens with zero attached hydrogens (tertiary/aromatic N) is 5. The molecule has 0 saturated heterocycles. The van der Waals surface area contributed by atoms with Crippen molar-refractivity contribution in [3.8, 4) is 16.3 Å². The number of hydrogen-bond acceptors (Lipinski definition) is 6. The third-order valence-corrected chi connectivity index (χ3v) is 6.06. The normalized spacial score (nSPS) is 13.8. The topological polar surface area (TPSA) is 73.1 Å². The van der Waals surface area contributed by atoms with Crippen LogP contribution in [0.4, 0.5) is 8.78 Å². The Bertz CT molecular complexity index is 1090. The number of carbonyl (C=O) groups is 1. The van der Waals surface area contributed by atoms with Crippen LogP contribution in [-0.2, 0) is 20.1 Å². The van der Waals surface area contributed by atoms with Crippen molar-refractivity contribution in [3.63, 3.8) is 0 Å². The lowest BCUT2D eigenvalue weighted by Crippen LogP contribution is -2.26. The van der Waals surface area contributed by atoms with E-state index >= 15 is 0 Å². The Morgan fingerprint density at radius 2 is 2.10 bits per heavy atom. The molecule has 3 aromatic rings. The van der Waals surface area contributed by atoms with Gasteiger partial charge in [-0.15, -0.1) is 11.3 Å².